The second-order valence-electron chi connectivity index (χ2n) is 9.63. The van der Waals surface area contributed by atoms with E-state index in [9.17, 15) is 22.0 Å². The number of rotatable bonds is 7. The highest BCUT2D eigenvalue weighted by Crippen LogP contribution is 2.44. The first-order valence-corrected chi connectivity index (χ1v) is 14.2. The second kappa shape index (κ2) is 10.4. The predicted octanol–water partition coefficient (Wildman–Crippen LogP) is 4.38. The standard InChI is InChI=1S/C29H28F2N2O4S/c1-19-3-5-20(6-4-19)27-28(24-9-7-21(30)17-26(24)31)23-10-8-22(18-25(23)29(27)34)37-16-15-32-11-13-33(14-12-32)38(2,35)36/h3-10,17-18H,11-16H2,1-2H3. The molecule has 1 saturated heterocycles. The summed E-state index contributed by atoms with van der Waals surface area (Å²) in [4.78, 5) is 15.8. The molecule has 0 aromatic heterocycles. The van der Waals surface area contributed by atoms with E-state index in [4.69, 9.17) is 4.74 Å². The lowest BCUT2D eigenvalue weighted by molar-refractivity contribution is 0.105. The molecule has 198 valence electrons. The molecule has 5 rings (SSSR count). The van der Waals surface area contributed by atoms with Gasteiger partial charge < -0.3 is 4.74 Å². The molecule has 3 aromatic carbocycles. The molecule has 0 radical (unpaired) electrons. The fourth-order valence-electron chi connectivity index (χ4n) is 4.95. The number of nitrogens with zero attached hydrogens (tertiary/aromatic N) is 2. The number of halogens is 2. The van der Waals surface area contributed by atoms with Crippen LogP contribution in [-0.4, -0.2) is 69.0 Å². The minimum atomic E-state index is -3.18. The monoisotopic (exact) mass is 538 g/mol. The van der Waals surface area contributed by atoms with Crippen LogP contribution in [0.15, 0.2) is 60.7 Å². The number of benzene rings is 3. The zero-order chi connectivity index (χ0) is 27.0. The van der Waals surface area contributed by atoms with Crippen LogP contribution in [0.4, 0.5) is 8.78 Å². The van der Waals surface area contributed by atoms with Gasteiger partial charge in [-0.25, -0.2) is 17.2 Å². The van der Waals surface area contributed by atoms with E-state index in [1.807, 2.05) is 31.2 Å². The van der Waals surface area contributed by atoms with Gasteiger partial charge in [0.05, 0.1) is 6.26 Å². The molecule has 1 fully saturated rings. The fourth-order valence-corrected chi connectivity index (χ4v) is 5.77. The Kier molecular flexibility index (Phi) is 7.17. The number of sulfonamides is 1. The normalized spacial score (nSPS) is 16.7. The smallest absolute Gasteiger partial charge is 0.211 e. The summed E-state index contributed by atoms with van der Waals surface area (Å²) >= 11 is 0. The highest BCUT2D eigenvalue weighted by atomic mass is 32.2. The number of hydrogen-bond donors (Lipinski definition) is 0. The first-order chi connectivity index (χ1) is 18.1. The van der Waals surface area contributed by atoms with E-state index < -0.39 is 21.7 Å². The molecule has 0 unspecified atom stereocenters. The average Bonchev–Trinajstić information content (AvgIpc) is 3.16. The van der Waals surface area contributed by atoms with Crippen molar-refractivity contribution in [2.24, 2.45) is 0 Å². The van der Waals surface area contributed by atoms with E-state index in [1.165, 1.54) is 22.7 Å². The molecule has 0 bridgehead atoms. The minimum absolute atomic E-state index is 0.163. The van der Waals surface area contributed by atoms with Gasteiger partial charge in [0.1, 0.15) is 24.0 Å². The summed E-state index contributed by atoms with van der Waals surface area (Å²) in [6.07, 6.45) is 1.22. The van der Waals surface area contributed by atoms with Crippen LogP contribution in [0, 0.1) is 18.6 Å². The Morgan fingerprint density at radius 2 is 1.53 bits per heavy atom. The molecule has 0 atom stereocenters. The van der Waals surface area contributed by atoms with Gasteiger partial charge >= 0.3 is 0 Å². The molecule has 0 spiro atoms. The average molecular weight is 539 g/mol. The van der Waals surface area contributed by atoms with Crippen molar-refractivity contribution < 1.29 is 26.7 Å². The number of fused-ring (bicyclic) bond motifs is 1. The van der Waals surface area contributed by atoms with Crippen molar-refractivity contribution in [3.63, 3.8) is 0 Å². The molecule has 3 aromatic rings. The molecule has 6 nitrogen and oxygen atoms in total. The van der Waals surface area contributed by atoms with Crippen LogP contribution in [-0.2, 0) is 10.0 Å². The number of aryl methyl sites for hydroxylation is 1. The number of ketones is 1. The summed E-state index contributed by atoms with van der Waals surface area (Å²) in [5.74, 6) is -1.16. The Labute approximate surface area is 221 Å². The van der Waals surface area contributed by atoms with Crippen LogP contribution >= 0.6 is 0 Å². The summed E-state index contributed by atoms with van der Waals surface area (Å²) in [6.45, 7) is 5.06. The third kappa shape index (κ3) is 5.27. The Balaban J connectivity index is 1.38. The molecule has 38 heavy (non-hydrogen) atoms. The van der Waals surface area contributed by atoms with Crippen molar-refractivity contribution in [1.82, 2.24) is 9.21 Å². The van der Waals surface area contributed by atoms with Crippen molar-refractivity contribution in [3.8, 4) is 5.75 Å². The van der Waals surface area contributed by atoms with E-state index in [-0.39, 0.29) is 11.3 Å². The van der Waals surface area contributed by atoms with E-state index in [1.54, 1.807) is 18.2 Å². The molecular formula is C29H28F2N2O4S. The minimum Gasteiger partial charge on any atom is -0.492 e. The lowest BCUT2D eigenvalue weighted by Gasteiger charge is -2.33. The summed E-state index contributed by atoms with van der Waals surface area (Å²) in [5, 5.41) is 0. The van der Waals surface area contributed by atoms with E-state index in [2.05, 4.69) is 4.90 Å². The molecular weight excluding hydrogens is 510 g/mol. The maximum Gasteiger partial charge on any atom is 0.211 e. The molecule has 0 amide bonds. The SMILES string of the molecule is Cc1ccc(C2=C(c3ccc(F)cc3F)c3ccc(OCCN4CCN(S(C)(=O)=O)CC4)cc3C2=O)cc1. The van der Waals surface area contributed by atoms with Crippen LogP contribution in [0.5, 0.6) is 5.75 Å². The topological polar surface area (TPSA) is 66.9 Å². The fraction of sp³-hybridized carbons (Fsp3) is 0.276. The number of Topliss-reactive ketones (excluding diaryl/α,β-unsaturated/α-hetero) is 1. The van der Waals surface area contributed by atoms with Crippen molar-refractivity contribution in [1.29, 1.82) is 0 Å². The summed E-state index contributed by atoms with van der Waals surface area (Å²) < 4.78 is 59.4. The Morgan fingerprint density at radius 1 is 0.842 bits per heavy atom. The van der Waals surface area contributed by atoms with Crippen LogP contribution in [0.3, 0.4) is 0 Å². The van der Waals surface area contributed by atoms with Crippen molar-refractivity contribution >= 4 is 27.0 Å². The van der Waals surface area contributed by atoms with Crippen LogP contribution in [0.25, 0.3) is 11.1 Å². The number of hydrogen-bond acceptors (Lipinski definition) is 5. The molecule has 0 saturated carbocycles. The zero-order valence-electron chi connectivity index (χ0n) is 21.2. The van der Waals surface area contributed by atoms with Crippen LogP contribution in [0.2, 0.25) is 0 Å². The third-order valence-corrected chi connectivity index (χ3v) is 8.30. The number of carbonyl (C=O) groups is 1. The first-order valence-electron chi connectivity index (χ1n) is 12.4. The van der Waals surface area contributed by atoms with Crippen molar-refractivity contribution in [2.45, 2.75) is 6.92 Å². The highest BCUT2D eigenvalue weighted by molar-refractivity contribution is 7.88. The molecule has 1 aliphatic carbocycles. The summed E-state index contributed by atoms with van der Waals surface area (Å²) in [6, 6.07) is 16.0. The maximum absolute atomic E-state index is 14.9. The van der Waals surface area contributed by atoms with Gasteiger partial charge in [0.25, 0.3) is 0 Å². The van der Waals surface area contributed by atoms with E-state index >= 15 is 0 Å². The molecule has 9 heteroatoms. The molecule has 1 aliphatic heterocycles. The van der Waals surface area contributed by atoms with Crippen LogP contribution < -0.4 is 4.74 Å². The lowest BCUT2D eigenvalue weighted by atomic mass is 9.93. The Morgan fingerprint density at radius 3 is 2.18 bits per heavy atom. The molecule has 2 aliphatic rings. The van der Waals surface area contributed by atoms with Gasteiger partial charge in [-0.2, -0.15) is 4.31 Å². The highest BCUT2D eigenvalue weighted by Gasteiger charge is 2.33. The van der Waals surface area contributed by atoms with Gasteiger partial charge in [-0.1, -0.05) is 29.8 Å². The molecule has 1 heterocycles. The summed E-state index contributed by atoms with van der Waals surface area (Å²) in [7, 11) is -3.18. The van der Waals surface area contributed by atoms with Crippen molar-refractivity contribution in [2.75, 3.05) is 45.6 Å². The largest absolute Gasteiger partial charge is 0.492 e. The number of ether oxygens (including phenoxy) is 1. The van der Waals surface area contributed by atoms with Crippen molar-refractivity contribution in [3.05, 3.63) is 100 Å². The Bertz CT molecular complexity index is 1530. The quantitative estimate of drug-likeness (QED) is 0.447. The van der Waals surface area contributed by atoms with E-state index in [0.29, 0.717) is 72.9 Å². The summed E-state index contributed by atoms with van der Waals surface area (Å²) in [5.41, 5.74) is 3.62. The predicted molar refractivity (Wildman–Crippen MR) is 143 cm³/mol. The van der Waals surface area contributed by atoms with Gasteiger partial charge in [-0.05, 0) is 48.4 Å². The van der Waals surface area contributed by atoms with Gasteiger partial charge in [-0.15, -0.1) is 0 Å². The zero-order valence-corrected chi connectivity index (χ0v) is 22.0. The Hall–Kier alpha value is -3.40. The van der Waals surface area contributed by atoms with Gasteiger partial charge in [0.2, 0.25) is 10.0 Å². The molecule has 0 N–H and O–H groups in total. The number of piperazine rings is 1. The van der Waals surface area contributed by atoms with Gasteiger partial charge in [-0.3, -0.25) is 9.69 Å². The third-order valence-electron chi connectivity index (χ3n) is 7.00. The van der Waals surface area contributed by atoms with Crippen LogP contribution in [0.1, 0.15) is 32.6 Å². The number of carbonyl (C=O) groups excluding carboxylic acids is 1. The first kappa shape index (κ1) is 26.2. The second-order valence-corrected chi connectivity index (χ2v) is 11.6. The van der Waals surface area contributed by atoms with E-state index in [0.717, 1.165) is 11.6 Å². The maximum atomic E-state index is 14.9. The van der Waals surface area contributed by atoms with Gasteiger partial charge in [0.15, 0.2) is 5.78 Å². The van der Waals surface area contributed by atoms with Gasteiger partial charge in [0, 0.05) is 61.1 Å². The number of allylic oxidation sites excluding steroid dienone is 1. The lowest BCUT2D eigenvalue weighted by Crippen LogP contribution is -2.49.